The fourth-order valence-corrected chi connectivity index (χ4v) is 4.37. The van der Waals surface area contributed by atoms with Gasteiger partial charge in [-0.25, -0.2) is 0 Å². The number of hydrogen-bond donors (Lipinski definition) is 1. The summed E-state index contributed by atoms with van der Waals surface area (Å²) in [6.07, 6.45) is 4.30. The number of quaternary nitrogens is 1. The highest BCUT2D eigenvalue weighted by atomic mass is 16.5. The summed E-state index contributed by atoms with van der Waals surface area (Å²) in [7, 11) is 0. The summed E-state index contributed by atoms with van der Waals surface area (Å²) in [6, 6.07) is 0. The van der Waals surface area contributed by atoms with Gasteiger partial charge in [-0.15, -0.1) is 0 Å². The van der Waals surface area contributed by atoms with Crippen LogP contribution in [-0.4, -0.2) is 25.3 Å². The van der Waals surface area contributed by atoms with Crippen LogP contribution in [0.5, 0.6) is 0 Å². The molecule has 1 heterocycles. The maximum atomic E-state index is 6.24. The summed E-state index contributed by atoms with van der Waals surface area (Å²) >= 11 is 0. The lowest BCUT2D eigenvalue weighted by Gasteiger charge is -2.49. The van der Waals surface area contributed by atoms with Crippen molar-refractivity contribution in [3.05, 3.63) is 0 Å². The van der Waals surface area contributed by atoms with Gasteiger partial charge in [-0.2, -0.15) is 0 Å². The number of hydrogen-bond acceptors (Lipinski definition) is 1. The van der Waals surface area contributed by atoms with Crippen LogP contribution in [-0.2, 0) is 4.74 Å². The van der Waals surface area contributed by atoms with Gasteiger partial charge in [0.1, 0.15) is 12.1 Å². The van der Waals surface area contributed by atoms with Gasteiger partial charge in [0.15, 0.2) is 0 Å². The van der Waals surface area contributed by atoms with E-state index in [2.05, 4.69) is 19.2 Å². The molecule has 2 N–H and O–H groups in total. The van der Waals surface area contributed by atoms with Crippen molar-refractivity contribution in [2.45, 2.75) is 38.7 Å². The monoisotopic (exact) mass is 196 g/mol. The average molecular weight is 196 g/mol. The molecule has 1 saturated heterocycles. The highest BCUT2D eigenvalue weighted by molar-refractivity contribution is 5.13. The van der Waals surface area contributed by atoms with Crippen LogP contribution in [0, 0.1) is 17.3 Å². The van der Waals surface area contributed by atoms with E-state index in [0.29, 0.717) is 5.41 Å². The molecule has 2 nitrogen and oxygen atoms in total. The second-order valence-electron chi connectivity index (χ2n) is 5.95. The molecule has 0 aromatic rings. The normalized spacial score (nSPS) is 50.1. The van der Waals surface area contributed by atoms with E-state index >= 15 is 0 Å². The first-order chi connectivity index (χ1) is 6.67. The van der Waals surface area contributed by atoms with Crippen molar-refractivity contribution in [1.29, 1.82) is 0 Å². The van der Waals surface area contributed by atoms with Gasteiger partial charge in [0.25, 0.3) is 0 Å². The second-order valence-corrected chi connectivity index (χ2v) is 5.95. The SMILES string of the molecule is CC1(C)[C@@H]2CC[C@@H](C2)[C@]12C[NH2+]CCO2. The van der Waals surface area contributed by atoms with Crippen LogP contribution in [0.25, 0.3) is 0 Å². The zero-order chi connectivity index (χ0) is 9.81. The van der Waals surface area contributed by atoms with E-state index < -0.39 is 0 Å². The minimum absolute atomic E-state index is 0.230. The first kappa shape index (κ1) is 9.17. The fourth-order valence-electron chi connectivity index (χ4n) is 4.37. The Balaban J connectivity index is 1.96. The minimum atomic E-state index is 0.230. The molecule has 0 unspecified atom stereocenters. The Labute approximate surface area is 86.4 Å². The van der Waals surface area contributed by atoms with E-state index in [1.54, 1.807) is 0 Å². The van der Waals surface area contributed by atoms with Gasteiger partial charge in [-0.05, 0) is 31.1 Å². The summed E-state index contributed by atoms with van der Waals surface area (Å²) in [4.78, 5) is 0. The molecule has 3 atom stereocenters. The summed E-state index contributed by atoms with van der Waals surface area (Å²) in [5.74, 6) is 1.79. The van der Waals surface area contributed by atoms with E-state index in [1.807, 2.05) is 0 Å². The van der Waals surface area contributed by atoms with E-state index in [0.717, 1.165) is 25.0 Å². The van der Waals surface area contributed by atoms with Gasteiger partial charge in [-0.1, -0.05) is 13.8 Å². The third-order valence-electron chi connectivity index (χ3n) is 5.33. The predicted molar refractivity (Wildman–Crippen MR) is 55.0 cm³/mol. The van der Waals surface area contributed by atoms with Crippen molar-refractivity contribution >= 4 is 0 Å². The minimum Gasteiger partial charge on any atom is -0.362 e. The van der Waals surface area contributed by atoms with Gasteiger partial charge in [0.2, 0.25) is 0 Å². The second kappa shape index (κ2) is 2.73. The molecule has 2 saturated carbocycles. The zero-order valence-corrected chi connectivity index (χ0v) is 9.38. The predicted octanol–water partition coefficient (Wildman–Crippen LogP) is 0.775. The lowest BCUT2D eigenvalue weighted by atomic mass is 9.65. The maximum Gasteiger partial charge on any atom is 0.125 e. The summed E-state index contributed by atoms with van der Waals surface area (Å²) in [5.41, 5.74) is 0.654. The van der Waals surface area contributed by atoms with Crippen molar-refractivity contribution in [3.8, 4) is 0 Å². The molecule has 3 fully saturated rings. The Bertz CT molecular complexity index is 243. The third-order valence-corrected chi connectivity index (χ3v) is 5.33. The van der Waals surface area contributed by atoms with Crippen molar-refractivity contribution in [3.63, 3.8) is 0 Å². The van der Waals surface area contributed by atoms with Gasteiger partial charge in [-0.3, -0.25) is 0 Å². The molecule has 1 spiro atoms. The summed E-state index contributed by atoms with van der Waals surface area (Å²) in [6.45, 7) is 8.22. The standard InChI is InChI=1S/C12H21NO/c1-11(2)9-3-4-10(7-9)12(11)8-13-5-6-14-12/h9-10,13H,3-8H2,1-2H3/p+1/t9-,10+,12-/m1/s1. The topological polar surface area (TPSA) is 25.8 Å². The number of morpholine rings is 1. The zero-order valence-electron chi connectivity index (χ0n) is 9.38. The molecule has 2 heteroatoms. The van der Waals surface area contributed by atoms with E-state index in [-0.39, 0.29) is 5.60 Å². The van der Waals surface area contributed by atoms with E-state index in [4.69, 9.17) is 4.74 Å². The number of rotatable bonds is 0. The molecule has 3 aliphatic rings. The van der Waals surface area contributed by atoms with Crippen molar-refractivity contribution < 1.29 is 10.1 Å². The summed E-state index contributed by atoms with van der Waals surface area (Å²) < 4.78 is 6.24. The highest BCUT2D eigenvalue weighted by Crippen LogP contribution is 2.62. The van der Waals surface area contributed by atoms with Crippen LogP contribution in [0.3, 0.4) is 0 Å². The third kappa shape index (κ3) is 0.892. The molecule has 0 aromatic carbocycles. The molecule has 0 aromatic heterocycles. The molecule has 2 bridgehead atoms. The largest absolute Gasteiger partial charge is 0.362 e. The van der Waals surface area contributed by atoms with Gasteiger partial charge < -0.3 is 10.1 Å². The van der Waals surface area contributed by atoms with Crippen LogP contribution < -0.4 is 5.32 Å². The van der Waals surface area contributed by atoms with Crippen LogP contribution >= 0.6 is 0 Å². The fraction of sp³-hybridized carbons (Fsp3) is 1.00. The van der Waals surface area contributed by atoms with E-state index in [9.17, 15) is 0 Å². The van der Waals surface area contributed by atoms with Crippen molar-refractivity contribution in [2.75, 3.05) is 19.7 Å². The molecule has 0 amide bonds. The molecule has 14 heavy (non-hydrogen) atoms. The first-order valence-corrected chi connectivity index (χ1v) is 6.12. The van der Waals surface area contributed by atoms with Crippen molar-refractivity contribution in [2.24, 2.45) is 17.3 Å². The molecule has 1 aliphatic heterocycles. The Morgan fingerprint density at radius 1 is 1.21 bits per heavy atom. The van der Waals surface area contributed by atoms with Crippen LogP contribution in [0.2, 0.25) is 0 Å². The molecular weight excluding hydrogens is 174 g/mol. The average Bonchev–Trinajstić information content (AvgIpc) is 2.72. The first-order valence-electron chi connectivity index (χ1n) is 6.12. The molecular formula is C12H22NO+. The Morgan fingerprint density at radius 3 is 2.57 bits per heavy atom. The lowest BCUT2D eigenvalue weighted by molar-refractivity contribution is -0.691. The highest BCUT2D eigenvalue weighted by Gasteiger charge is 2.65. The van der Waals surface area contributed by atoms with Crippen LogP contribution in [0.15, 0.2) is 0 Å². The molecule has 0 radical (unpaired) electrons. The maximum absolute atomic E-state index is 6.24. The Kier molecular flexibility index (Phi) is 1.79. The molecule has 2 aliphatic carbocycles. The summed E-state index contributed by atoms with van der Waals surface area (Å²) in [5, 5.41) is 2.46. The van der Waals surface area contributed by atoms with Gasteiger partial charge in [0.05, 0.1) is 13.2 Å². The lowest BCUT2D eigenvalue weighted by Crippen LogP contribution is -2.93. The van der Waals surface area contributed by atoms with E-state index in [1.165, 1.54) is 25.8 Å². The smallest absolute Gasteiger partial charge is 0.125 e. The quantitative estimate of drug-likeness (QED) is 0.608. The van der Waals surface area contributed by atoms with Gasteiger partial charge >= 0.3 is 0 Å². The molecule has 80 valence electrons. The number of ether oxygens (including phenoxy) is 1. The van der Waals surface area contributed by atoms with Crippen LogP contribution in [0.4, 0.5) is 0 Å². The van der Waals surface area contributed by atoms with Crippen LogP contribution in [0.1, 0.15) is 33.1 Å². The Hall–Kier alpha value is -0.0800. The Morgan fingerprint density at radius 2 is 2.00 bits per heavy atom. The number of fused-ring (bicyclic) bond motifs is 3. The van der Waals surface area contributed by atoms with Gasteiger partial charge in [0, 0.05) is 5.41 Å². The van der Waals surface area contributed by atoms with Crippen molar-refractivity contribution in [1.82, 2.24) is 0 Å². The number of nitrogens with two attached hydrogens (primary N) is 1. The molecule has 3 rings (SSSR count).